The van der Waals surface area contributed by atoms with Crippen molar-refractivity contribution < 1.29 is 4.74 Å². The molecule has 0 saturated carbocycles. The summed E-state index contributed by atoms with van der Waals surface area (Å²) in [6.45, 7) is 4.61. The van der Waals surface area contributed by atoms with Gasteiger partial charge in [-0.3, -0.25) is 0 Å². The average molecular weight is 239 g/mol. The third-order valence-corrected chi connectivity index (χ3v) is 2.26. The molecule has 1 rings (SSSR count). The monoisotopic (exact) mass is 239 g/mol. The topological polar surface area (TPSA) is 60.2 Å². The first kappa shape index (κ1) is 12.9. The zero-order valence-electron chi connectivity index (χ0n) is 9.78. The predicted octanol–water partition coefficient (Wildman–Crippen LogP) is 1.55. The minimum atomic E-state index is -0.220. The molecular weight excluding hydrogens is 222 g/mol. The van der Waals surface area contributed by atoms with Gasteiger partial charge in [0.1, 0.15) is 10.8 Å². The number of methoxy groups -OCH3 is 1. The molecule has 0 unspecified atom stereocenters. The van der Waals surface area contributed by atoms with Crippen LogP contribution in [0.25, 0.3) is 0 Å². The summed E-state index contributed by atoms with van der Waals surface area (Å²) >= 11 is 4.97. The van der Waals surface area contributed by atoms with Crippen LogP contribution in [0.5, 0.6) is 0 Å². The second kappa shape index (κ2) is 5.23. The Morgan fingerprint density at radius 1 is 1.62 bits per heavy atom. The summed E-state index contributed by atoms with van der Waals surface area (Å²) in [5.74, 6) is 0.692. The second-order valence-corrected chi connectivity index (χ2v) is 4.65. The minimum Gasteiger partial charge on any atom is -0.389 e. The minimum absolute atomic E-state index is 0.220. The number of hydrogen-bond donors (Lipinski definition) is 2. The molecule has 0 aliphatic carbocycles. The Morgan fingerprint density at radius 3 is 2.88 bits per heavy atom. The smallest absolute Gasteiger partial charge is 0.136 e. The maximum atomic E-state index is 5.63. The molecule has 4 nitrogen and oxygen atoms in total. The van der Waals surface area contributed by atoms with Crippen molar-refractivity contribution >= 4 is 23.0 Å². The lowest BCUT2D eigenvalue weighted by molar-refractivity contribution is 0.158. The van der Waals surface area contributed by atoms with Gasteiger partial charge >= 0.3 is 0 Å². The number of nitrogens with two attached hydrogens (primary N) is 1. The first-order chi connectivity index (χ1) is 7.46. The maximum absolute atomic E-state index is 5.63. The molecule has 0 bridgehead atoms. The SMILES string of the molecule is COCC(C)(C)Nc1ncccc1C(N)=S. The first-order valence-electron chi connectivity index (χ1n) is 4.98. The Labute approximate surface area is 101 Å². The number of rotatable bonds is 5. The summed E-state index contributed by atoms with van der Waals surface area (Å²) in [4.78, 5) is 4.57. The molecule has 0 atom stereocenters. The lowest BCUT2D eigenvalue weighted by Crippen LogP contribution is -2.37. The number of thiocarbonyl (C=S) groups is 1. The molecule has 0 aliphatic rings. The van der Waals surface area contributed by atoms with Gasteiger partial charge in [0, 0.05) is 13.3 Å². The fourth-order valence-corrected chi connectivity index (χ4v) is 1.59. The molecule has 0 fully saturated rings. The van der Waals surface area contributed by atoms with Gasteiger partial charge in [-0.25, -0.2) is 4.98 Å². The standard InChI is InChI=1S/C11H17N3OS/c1-11(2,7-15-3)14-10-8(9(12)16)5-4-6-13-10/h4-6H,7H2,1-3H3,(H2,12,16)(H,13,14). The number of aromatic nitrogens is 1. The van der Waals surface area contributed by atoms with Crippen molar-refractivity contribution in [3.8, 4) is 0 Å². The van der Waals surface area contributed by atoms with Crippen LogP contribution in [0.3, 0.4) is 0 Å². The van der Waals surface area contributed by atoms with Crippen LogP contribution < -0.4 is 11.1 Å². The summed E-state index contributed by atoms with van der Waals surface area (Å²) in [6.07, 6.45) is 1.70. The van der Waals surface area contributed by atoms with Crippen molar-refractivity contribution in [1.29, 1.82) is 0 Å². The summed E-state index contributed by atoms with van der Waals surface area (Å²) in [6, 6.07) is 3.66. The molecule has 0 aromatic carbocycles. The highest BCUT2D eigenvalue weighted by atomic mass is 32.1. The molecule has 0 radical (unpaired) electrons. The largest absolute Gasteiger partial charge is 0.389 e. The van der Waals surface area contributed by atoms with E-state index in [1.165, 1.54) is 0 Å². The van der Waals surface area contributed by atoms with E-state index in [9.17, 15) is 0 Å². The van der Waals surface area contributed by atoms with E-state index in [1.807, 2.05) is 26.0 Å². The molecule has 3 N–H and O–H groups in total. The van der Waals surface area contributed by atoms with Crippen LogP contribution in [0, 0.1) is 0 Å². The van der Waals surface area contributed by atoms with E-state index in [-0.39, 0.29) is 5.54 Å². The summed E-state index contributed by atoms with van der Waals surface area (Å²) in [5, 5.41) is 3.27. The molecule has 0 amide bonds. The fourth-order valence-electron chi connectivity index (χ4n) is 1.42. The van der Waals surface area contributed by atoms with Gasteiger partial charge in [-0.15, -0.1) is 0 Å². The van der Waals surface area contributed by atoms with Gasteiger partial charge in [-0.2, -0.15) is 0 Å². The average Bonchev–Trinajstić information content (AvgIpc) is 2.17. The molecule has 16 heavy (non-hydrogen) atoms. The van der Waals surface area contributed by atoms with Crippen molar-refractivity contribution in [1.82, 2.24) is 4.98 Å². The van der Waals surface area contributed by atoms with Gasteiger partial charge in [0.2, 0.25) is 0 Å². The Kier molecular flexibility index (Phi) is 4.20. The Morgan fingerprint density at radius 2 is 2.31 bits per heavy atom. The maximum Gasteiger partial charge on any atom is 0.136 e. The van der Waals surface area contributed by atoms with Crippen molar-refractivity contribution in [3.05, 3.63) is 23.9 Å². The van der Waals surface area contributed by atoms with Gasteiger partial charge in [0.05, 0.1) is 17.7 Å². The molecule has 1 aromatic heterocycles. The van der Waals surface area contributed by atoms with Crippen LogP contribution in [0.1, 0.15) is 19.4 Å². The van der Waals surface area contributed by atoms with E-state index >= 15 is 0 Å². The zero-order valence-corrected chi connectivity index (χ0v) is 10.6. The number of anilines is 1. The van der Waals surface area contributed by atoms with Crippen molar-refractivity contribution in [2.75, 3.05) is 19.0 Å². The lowest BCUT2D eigenvalue weighted by Gasteiger charge is -2.26. The van der Waals surface area contributed by atoms with Crippen LogP contribution in [-0.2, 0) is 4.74 Å². The number of nitrogens with zero attached hydrogens (tertiary/aromatic N) is 1. The highest BCUT2D eigenvalue weighted by Gasteiger charge is 2.19. The number of hydrogen-bond acceptors (Lipinski definition) is 4. The third kappa shape index (κ3) is 3.43. The Balaban J connectivity index is 2.92. The van der Waals surface area contributed by atoms with Crippen molar-refractivity contribution in [2.24, 2.45) is 5.73 Å². The molecule has 0 spiro atoms. The van der Waals surface area contributed by atoms with Crippen molar-refractivity contribution in [3.63, 3.8) is 0 Å². The van der Waals surface area contributed by atoms with E-state index in [4.69, 9.17) is 22.7 Å². The highest BCUT2D eigenvalue weighted by Crippen LogP contribution is 2.17. The Hall–Kier alpha value is -1.20. The molecule has 0 aliphatic heterocycles. The van der Waals surface area contributed by atoms with Gasteiger partial charge in [0.15, 0.2) is 0 Å². The van der Waals surface area contributed by atoms with E-state index in [1.54, 1.807) is 13.3 Å². The van der Waals surface area contributed by atoms with Crippen LogP contribution >= 0.6 is 12.2 Å². The predicted molar refractivity (Wildman–Crippen MR) is 69.7 cm³/mol. The van der Waals surface area contributed by atoms with Gasteiger partial charge in [-0.1, -0.05) is 12.2 Å². The second-order valence-electron chi connectivity index (χ2n) is 4.21. The van der Waals surface area contributed by atoms with E-state index < -0.39 is 0 Å². The molecule has 1 aromatic rings. The molecule has 0 saturated heterocycles. The van der Waals surface area contributed by atoms with E-state index in [0.717, 1.165) is 5.56 Å². The molecule has 1 heterocycles. The lowest BCUT2D eigenvalue weighted by atomic mass is 10.1. The summed E-state index contributed by atoms with van der Waals surface area (Å²) in [5.41, 5.74) is 6.16. The van der Waals surface area contributed by atoms with Crippen LogP contribution in [-0.4, -0.2) is 29.2 Å². The van der Waals surface area contributed by atoms with Gasteiger partial charge in [0.25, 0.3) is 0 Å². The number of nitrogens with one attached hydrogen (secondary N) is 1. The number of pyridine rings is 1. The quantitative estimate of drug-likeness (QED) is 0.763. The van der Waals surface area contributed by atoms with Crippen LogP contribution in [0.2, 0.25) is 0 Å². The summed E-state index contributed by atoms with van der Waals surface area (Å²) < 4.78 is 5.12. The first-order valence-corrected chi connectivity index (χ1v) is 5.39. The molecule has 5 heteroatoms. The molecular formula is C11H17N3OS. The van der Waals surface area contributed by atoms with Crippen LogP contribution in [0.15, 0.2) is 18.3 Å². The third-order valence-electron chi connectivity index (χ3n) is 2.04. The van der Waals surface area contributed by atoms with E-state index in [2.05, 4.69) is 10.3 Å². The number of ether oxygens (including phenoxy) is 1. The van der Waals surface area contributed by atoms with Crippen LogP contribution in [0.4, 0.5) is 5.82 Å². The van der Waals surface area contributed by atoms with Gasteiger partial charge in [-0.05, 0) is 26.0 Å². The summed E-state index contributed by atoms with van der Waals surface area (Å²) in [7, 11) is 1.66. The van der Waals surface area contributed by atoms with Crippen molar-refractivity contribution in [2.45, 2.75) is 19.4 Å². The van der Waals surface area contributed by atoms with E-state index in [0.29, 0.717) is 17.4 Å². The fraction of sp³-hybridized carbons (Fsp3) is 0.455. The molecule has 88 valence electrons. The highest BCUT2D eigenvalue weighted by molar-refractivity contribution is 7.80. The normalized spacial score (nSPS) is 11.2. The Bertz CT molecular complexity index is 379. The van der Waals surface area contributed by atoms with Gasteiger partial charge < -0.3 is 15.8 Å². The zero-order chi connectivity index (χ0) is 12.2.